The minimum absolute atomic E-state index is 0.506. The van der Waals surface area contributed by atoms with Crippen LogP contribution in [0.25, 0.3) is 0 Å². The summed E-state index contributed by atoms with van der Waals surface area (Å²) in [4.78, 5) is 13.9. The van der Waals surface area contributed by atoms with E-state index in [9.17, 15) is 13.2 Å². The molecule has 19 heavy (non-hydrogen) atoms. The Balaban J connectivity index is 2.91. The van der Waals surface area contributed by atoms with Crippen LogP contribution < -0.4 is 5.32 Å². The van der Waals surface area contributed by atoms with Crippen LogP contribution in [-0.4, -0.2) is 44.8 Å². The maximum absolute atomic E-state index is 11.9. The van der Waals surface area contributed by atoms with Crippen LogP contribution in [0.2, 0.25) is 0 Å². The molecule has 0 aliphatic carbocycles. The van der Waals surface area contributed by atoms with Gasteiger partial charge in [0.1, 0.15) is 5.25 Å². The van der Waals surface area contributed by atoms with Gasteiger partial charge in [-0.05, 0) is 32.6 Å². The number of hydrogen-bond acceptors (Lipinski definition) is 4. The molecule has 1 atom stereocenters. The first-order valence-electron chi connectivity index (χ1n) is 5.94. The van der Waals surface area contributed by atoms with Gasteiger partial charge in [-0.1, -0.05) is 18.2 Å². The molecule has 106 valence electrons. The van der Waals surface area contributed by atoms with Crippen LogP contribution in [0.15, 0.2) is 24.3 Å². The number of carbonyl (C=O) groups is 1. The van der Waals surface area contributed by atoms with E-state index in [2.05, 4.69) is 5.32 Å². The molecule has 1 unspecified atom stereocenters. The van der Waals surface area contributed by atoms with Gasteiger partial charge in [0.15, 0.2) is 9.84 Å². The largest absolute Gasteiger partial charge is 0.325 e. The summed E-state index contributed by atoms with van der Waals surface area (Å²) in [6, 6.07) is 7.36. The molecule has 0 saturated heterocycles. The molecule has 1 aromatic carbocycles. The van der Waals surface area contributed by atoms with Gasteiger partial charge in [-0.2, -0.15) is 0 Å². The zero-order valence-corrected chi connectivity index (χ0v) is 12.5. The first kappa shape index (κ1) is 15.7. The van der Waals surface area contributed by atoms with Crippen LogP contribution in [-0.2, 0) is 21.2 Å². The molecule has 0 fully saturated rings. The summed E-state index contributed by atoms with van der Waals surface area (Å²) in [5.41, 5.74) is 1.60. The Bertz CT molecular complexity index is 553. The fraction of sp³-hybridized carbons (Fsp3) is 0.462. The summed E-state index contributed by atoms with van der Waals surface area (Å²) in [7, 11) is 0.476. The minimum Gasteiger partial charge on any atom is -0.325 e. The minimum atomic E-state index is -3.38. The number of hydrogen-bond donors (Lipinski definition) is 1. The van der Waals surface area contributed by atoms with Crippen molar-refractivity contribution in [3.8, 4) is 0 Å². The van der Waals surface area contributed by atoms with E-state index >= 15 is 0 Å². The molecule has 0 aliphatic heterocycles. The number of rotatable bonds is 5. The number of sulfone groups is 1. The standard InChI is InChI=1S/C13H20N2O3S/c1-10(19(4,17)18)13(16)14-12-8-6-5-7-11(12)9-15(2)3/h5-8,10H,9H2,1-4H3,(H,14,16). The summed E-state index contributed by atoms with van der Waals surface area (Å²) in [5.74, 6) is -0.506. The first-order chi connectivity index (χ1) is 8.71. The van der Waals surface area contributed by atoms with Crippen molar-refractivity contribution in [2.45, 2.75) is 18.7 Å². The van der Waals surface area contributed by atoms with E-state index in [1.165, 1.54) is 6.92 Å². The Morgan fingerprint density at radius 2 is 1.89 bits per heavy atom. The third kappa shape index (κ3) is 4.65. The molecule has 0 aliphatic rings. The van der Waals surface area contributed by atoms with Gasteiger partial charge in [-0.15, -0.1) is 0 Å². The first-order valence-corrected chi connectivity index (χ1v) is 7.89. The Kier molecular flexibility index (Phi) is 5.08. The van der Waals surface area contributed by atoms with Crippen molar-refractivity contribution in [3.05, 3.63) is 29.8 Å². The Hall–Kier alpha value is -1.40. The van der Waals surface area contributed by atoms with Crippen molar-refractivity contribution in [2.75, 3.05) is 25.7 Å². The zero-order valence-electron chi connectivity index (χ0n) is 11.7. The third-order valence-corrected chi connectivity index (χ3v) is 4.27. The zero-order chi connectivity index (χ0) is 14.6. The molecule has 0 heterocycles. The molecular formula is C13H20N2O3S. The second-order valence-corrected chi connectivity index (χ2v) is 7.22. The highest BCUT2D eigenvalue weighted by molar-refractivity contribution is 7.92. The monoisotopic (exact) mass is 284 g/mol. The molecule has 0 bridgehead atoms. The molecule has 0 saturated carbocycles. The van der Waals surface area contributed by atoms with Crippen molar-refractivity contribution >= 4 is 21.4 Å². The van der Waals surface area contributed by atoms with Crippen LogP contribution in [0, 0.1) is 0 Å². The number of nitrogens with zero attached hydrogens (tertiary/aromatic N) is 1. The van der Waals surface area contributed by atoms with Gasteiger partial charge in [0.2, 0.25) is 5.91 Å². The van der Waals surface area contributed by atoms with E-state index in [0.29, 0.717) is 12.2 Å². The Morgan fingerprint density at radius 1 is 1.32 bits per heavy atom. The molecule has 1 rings (SSSR count). The van der Waals surface area contributed by atoms with Crippen LogP contribution in [0.3, 0.4) is 0 Å². The van der Waals surface area contributed by atoms with E-state index in [0.717, 1.165) is 11.8 Å². The van der Waals surface area contributed by atoms with E-state index in [-0.39, 0.29) is 0 Å². The molecular weight excluding hydrogens is 264 g/mol. The average molecular weight is 284 g/mol. The SMILES string of the molecule is CC(C(=O)Nc1ccccc1CN(C)C)S(C)(=O)=O. The third-order valence-electron chi connectivity index (χ3n) is 2.77. The van der Waals surface area contributed by atoms with Gasteiger partial charge in [0.25, 0.3) is 0 Å². The maximum Gasteiger partial charge on any atom is 0.242 e. The highest BCUT2D eigenvalue weighted by Crippen LogP contribution is 2.17. The fourth-order valence-electron chi connectivity index (χ4n) is 1.55. The molecule has 1 N–H and O–H groups in total. The highest BCUT2D eigenvalue weighted by Gasteiger charge is 2.23. The molecule has 0 radical (unpaired) electrons. The van der Waals surface area contributed by atoms with Gasteiger partial charge in [0.05, 0.1) is 0 Å². The molecule has 0 aromatic heterocycles. The van der Waals surface area contributed by atoms with E-state index in [1.807, 2.05) is 31.1 Å². The summed E-state index contributed by atoms with van der Waals surface area (Å²) < 4.78 is 22.7. The predicted octanol–water partition coefficient (Wildman–Crippen LogP) is 1.12. The van der Waals surface area contributed by atoms with Crippen molar-refractivity contribution in [2.24, 2.45) is 0 Å². The van der Waals surface area contributed by atoms with Crippen LogP contribution in [0.4, 0.5) is 5.69 Å². The van der Waals surface area contributed by atoms with Crippen molar-refractivity contribution in [1.29, 1.82) is 0 Å². The van der Waals surface area contributed by atoms with Crippen LogP contribution in [0.1, 0.15) is 12.5 Å². The van der Waals surface area contributed by atoms with Crippen LogP contribution >= 0.6 is 0 Å². The van der Waals surface area contributed by atoms with Crippen molar-refractivity contribution in [1.82, 2.24) is 4.90 Å². The Labute approximate surface area is 114 Å². The summed E-state index contributed by atoms with van der Waals surface area (Å²) in [6.45, 7) is 2.06. The maximum atomic E-state index is 11.9. The molecule has 0 spiro atoms. The number of para-hydroxylation sites is 1. The van der Waals surface area contributed by atoms with Gasteiger partial charge < -0.3 is 10.2 Å². The summed E-state index contributed by atoms with van der Waals surface area (Å²) in [5, 5.41) is 1.62. The molecule has 6 heteroatoms. The summed E-state index contributed by atoms with van der Waals surface area (Å²) in [6.07, 6.45) is 1.06. The second-order valence-electron chi connectivity index (χ2n) is 4.86. The second kappa shape index (κ2) is 6.16. The van der Waals surface area contributed by atoms with Gasteiger partial charge in [-0.3, -0.25) is 4.79 Å². The normalized spacial score (nSPS) is 13.3. The highest BCUT2D eigenvalue weighted by atomic mass is 32.2. The number of carbonyl (C=O) groups excluding carboxylic acids is 1. The number of nitrogens with one attached hydrogen (secondary N) is 1. The van der Waals surface area contributed by atoms with Crippen LogP contribution in [0.5, 0.6) is 0 Å². The lowest BCUT2D eigenvalue weighted by atomic mass is 10.1. The average Bonchev–Trinajstić information content (AvgIpc) is 2.28. The molecule has 5 nitrogen and oxygen atoms in total. The van der Waals surface area contributed by atoms with Gasteiger partial charge >= 0.3 is 0 Å². The molecule has 1 amide bonds. The fourth-order valence-corrected chi connectivity index (χ4v) is 2.00. The topological polar surface area (TPSA) is 66.5 Å². The smallest absolute Gasteiger partial charge is 0.242 e. The quantitative estimate of drug-likeness (QED) is 0.880. The summed E-state index contributed by atoms with van der Waals surface area (Å²) >= 11 is 0. The van der Waals surface area contributed by atoms with E-state index < -0.39 is 21.0 Å². The van der Waals surface area contributed by atoms with Gasteiger partial charge in [0, 0.05) is 18.5 Å². The van der Waals surface area contributed by atoms with Crippen molar-refractivity contribution < 1.29 is 13.2 Å². The van der Waals surface area contributed by atoms with Crippen molar-refractivity contribution in [3.63, 3.8) is 0 Å². The number of benzene rings is 1. The van der Waals surface area contributed by atoms with Gasteiger partial charge in [-0.25, -0.2) is 8.42 Å². The van der Waals surface area contributed by atoms with E-state index in [1.54, 1.807) is 12.1 Å². The molecule has 1 aromatic rings. The number of anilines is 1. The lowest BCUT2D eigenvalue weighted by molar-refractivity contribution is -0.115. The number of amides is 1. The predicted molar refractivity (Wildman–Crippen MR) is 76.8 cm³/mol. The lowest BCUT2D eigenvalue weighted by Gasteiger charge is -2.16. The Morgan fingerprint density at radius 3 is 2.42 bits per heavy atom. The lowest BCUT2D eigenvalue weighted by Crippen LogP contribution is -2.32. The van der Waals surface area contributed by atoms with E-state index in [4.69, 9.17) is 0 Å².